The number of carbonyl (C=O) groups excluding carboxylic acids is 2. The summed E-state index contributed by atoms with van der Waals surface area (Å²) in [6.45, 7) is 5.22. The van der Waals surface area contributed by atoms with Crippen molar-refractivity contribution in [3.8, 4) is 0 Å². The maximum atomic E-state index is 14.2. The summed E-state index contributed by atoms with van der Waals surface area (Å²) in [5.41, 5.74) is 2.33. The molecule has 7 atom stereocenters. The third-order valence-corrected chi connectivity index (χ3v) is 7.83. The fourth-order valence-electron chi connectivity index (χ4n) is 6.80. The van der Waals surface area contributed by atoms with Gasteiger partial charge in [0.25, 0.3) is 0 Å². The van der Waals surface area contributed by atoms with Crippen molar-refractivity contribution >= 4 is 11.9 Å². The van der Waals surface area contributed by atoms with Crippen LogP contribution in [0, 0.1) is 23.2 Å². The number of carbonyl (C=O) groups is 2. The van der Waals surface area contributed by atoms with E-state index in [1.54, 1.807) is 0 Å². The molecule has 150 valence electrons. The largest absolute Gasteiger partial charge is 0.462 e. The minimum Gasteiger partial charge on any atom is -0.462 e. The second-order valence-electron chi connectivity index (χ2n) is 9.33. The molecule has 3 unspecified atom stereocenters. The second-order valence-corrected chi connectivity index (χ2v) is 9.33. The van der Waals surface area contributed by atoms with Crippen molar-refractivity contribution in [1.29, 1.82) is 0 Å². The second kappa shape index (κ2) is 6.89. The minimum absolute atomic E-state index is 0.00294. The van der Waals surface area contributed by atoms with Gasteiger partial charge in [0, 0.05) is 25.7 Å². The molecule has 0 saturated heterocycles. The molecule has 27 heavy (non-hydrogen) atoms. The molecular weight excluding hydrogens is 347 g/mol. The number of halogens is 1. The van der Waals surface area contributed by atoms with E-state index in [2.05, 4.69) is 6.92 Å². The molecular formula is C22H31FO4. The predicted octanol–water partition coefficient (Wildman–Crippen LogP) is 4.51. The Bertz CT molecular complexity index is 671. The van der Waals surface area contributed by atoms with Gasteiger partial charge in [-0.3, -0.25) is 9.59 Å². The first-order chi connectivity index (χ1) is 12.8. The summed E-state index contributed by atoms with van der Waals surface area (Å²) in [6, 6.07) is 0. The average Bonchev–Trinajstić information content (AvgIpc) is 2.98. The van der Waals surface area contributed by atoms with Crippen LogP contribution in [0.5, 0.6) is 0 Å². The molecule has 2 saturated carbocycles. The van der Waals surface area contributed by atoms with Crippen molar-refractivity contribution in [2.24, 2.45) is 23.2 Å². The summed E-state index contributed by atoms with van der Waals surface area (Å²) in [6.07, 6.45) is 5.49. The molecule has 0 aromatic heterocycles. The van der Waals surface area contributed by atoms with Crippen molar-refractivity contribution < 1.29 is 23.5 Å². The zero-order valence-electron chi connectivity index (χ0n) is 16.6. The molecule has 4 rings (SSSR count). The van der Waals surface area contributed by atoms with Gasteiger partial charge in [0.15, 0.2) is 0 Å². The molecule has 0 bridgehead atoms. The van der Waals surface area contributed by atoms with Crippen LogP contribution >= 0.6 is 0 Å². The van der Waals surface area contributed by atoms with E-state index in [0.717, 1.165) is 44.1 Å². The highest BCUT2D eigenvalue weighted by Crippen LogP contribution is 2.62. The molecule has 0 amide bonds. The van der Waals surface area contributed by atoms with Crippen LogP contribution in [0.2, 0.25) is 0 Å². The van der Waals surface area contributed by atoms with E-state index >= 15 is 0 Å². The van der Waals surface area contributed by atoms with Gasteiger partial charge in [-0.1, -0.05) is 18.9 Å². The van der Waals surface area contributed by atoms with E-state index in [9.17, 15) is 14.0 Å². The molecule has 0 aliphatic heterocycles. The lowest BCUT2D eigenvalue weighted by Crippen LogP contribution is -2.53. The van der Waals surface area contributed by atoms with Crippen LogP contribution in [0.1, 0.15) is 72.1 Å². The van der Waals surface area contributed by atoms with Gasteiger partial charge in [0.1, 0.15) is 18.4 Å². The third kappa shape index (κ3) is 3.21. The topological polar surface area (TPSA) is 52.6 Å². The number of alkyl halides is 1. The molecule has 0 heterocycles. The van der Waals surface area contributed by atoms with Gasteiger partial charge < -0.3 is 9.47 Å². The average molecular weight is 378 g/mol. The van der Waals surface area contributed by atoms with E-state index in [1.165, 1.54) is 19.4 Å². The van der Waals surface area contributed by atoms with Crippen LogP contribution < -0.4 is 0 Å². The van der Waals surface area contributed by atoms with Crippen LogP contribution in [-0.2, 0) is 19.1 Å². The maximum absolute atomic E-state index is 14.2. The van der Waals surface area contributed by atoms with Gasteiger partial charge in [0.2, 0.25) is 0 Å². The molecule has 0 aromatic carbocycles. The minimum atomic E-state index is -0.844. The van der Waals surface area contributed by atoms with E-state index in [-0.39, 0.29) is 29.6 Å². The number of allylic oxidation sites excluding steroid dienone is 1. The number of esters is 2. The van der Waals surface area contributed by atoms with Crippen LogP contribution in [0.15, 0.2) is 11.1 Å². The highest BCUT2D eigenvalue weighted by atomic mass is 19.1. The van der Waals surface area contributed by atoms with E-state index in [0.29, 0.717) is 30.6 Å². The summed E-state index contributed by atoms with van der Waals surface area (Å²) in [5, 5.41) is 0. The molecule has 4 nitrogen and oxygen atoms in total. The Morgan fingerprint density at radius 2 is 1.81 bits per heavy atom. The summed E-state index contributed by atoms with van der Waals surface area (Å²) in [7, 11) is 0. The Morgan fingerprint density at radius 3 is 2.52 bits per heavy atom. The summed E-state index contributed by atoms with van der Waals surface area (Å²) in [4.78, 5) is 23.5. The van der Waals surface area contributed by atoms with Gasteiger partial charge in [-0.05, 0) is 61.9 Å². The Morgan fingerprint density at radius 1 is 1.07 bits per heavy atom. The lowest BCUT2D eigenvalue weighted by Gasteiger charge is -2.54. The smallest absolute Gasteiger partial charge is 0.303 e. The predicted molar refractivity (Wildman–Crippen MR) is 98.5 cm³/mol. The number of rotatable bonds is 2. The first-order valence-corrected chi connectivity index (χ1v) is 10.5. The Hall–Kier alpha value is -1.39. The van der Waals surface area contributed by atoms with Crippen molar-refractivity contribution in [2.75, 3.05) is 0 Å². The zero-order valence-corrected chi connectivity index (χ0v) is 16.6. The fourth-order valence-corrected chi connectivity index (χ4v) is 6.80. The maximum Gasteiger partial charge on any atom is 0.303 e. The Balaban J connectivity index is 1.72. The monoisotopic (exact) mass is 378 g/mol. The van der Waals surface area contributed by atoms with Crippen molar-refractivity contribution in [1.82, 2.24) is 0 Å². The quantitative estimate of drug-likeness (QED) is 0.524. The Labute approximate surface area is 160 Å². The highest BCUT2D eigenvalue weighted by molar-refractivity contribution is 5.67. The SMILES string of the molecule is CC(=O)OC1C[C@@H]2[C@H](CC(OC(C)=O)[C@]3(C)CCC[C@@H]23)C2=C1CC(F)CC2. The Kier molecular flexibility index (Phi) is 4.84. The van der Waals surface area contributed by atoms with Crippen molar-refractivity contribution in [3.63, 3.8) is 0 Å². The molecule has 0 N–H and O–H groups in total. The van der Waals surface area contributed by atoms with Crippen LogP contribution in [0.4, 0.5) is 4.39 Å². The molecule has 5 heteroatoms. The lowest BCUT2D eigenvalue weighted by molar-refractivity contribution is -0.168. The molecule has 4 aliphatic rings. The number of hydrogen-bond donors (Lipinski definition) is 0. The van der Waals surface area contributed by atoms with Crippen LogP contribution in [0.3, 0.4) is 0 Å². The van der Waals surface area contributed by atoms with E-state index in [4.69, 9.17) is 9.47 Å². The van der Waals surface area contributed by atoms with Crippen LogP contribution in [0.25, 0.3) is 0 Å². The van der Waals surface area contributed by atoms with Crippen molar-refractivity contribution in [2.45, 2.75) is 90.5 Å². The molecule has 0 radical (unpaired) electrons. The fraction of sp³-hybridized carbons (Fsp3) is 0.818. The summed E-state index contributed by atoms with van der Waals surface area (Å²) in [5.74, 6) is 0.744. The van der Waals surface area contributed by atoms with E-state index < -0.39 is 6.17 Å². The van der Waals surface area contributed by atoms with Crippen LogP contribution in [-0.4, -0.2) is 30.3 Å². The van der Waals surface area contributed by atoms with Gasteiger partial charge in [-0.15, -0.1) is 0 Å². The number of ether oxygens (including phenoxy) is 2. The molecule has 2 fully saturated rings. The summed E-state index contributed by atoms with van der Waals surface area (Å²) < 4.78 is 25.7. The van der Waals surface area contributed by atoms with Crippen molar-refractivity contribution in [3.05, 3.63) is 11.1 Å². The van der Waals surface area contributed by atoms with Gasteiger partial charge in [-0.2, -0.15) is 0 Å². The molecule has 0 aromatic rings. The summed E-state index contributed by atoms with van der Waals surface area (Å²) >= 11 is 0. The first kappa shape index (κ1) is 18.9. The lowest BCUT2D eigenvalue weighted by atomic mass is 9.53. The zero-order chi connectivity index (χ0) is 19.3. The standard InChI is InChI=1S/C22H31FO4/c1-12(24)26-20-10-17-16(15-7-6-14(23)9-18(15)20)11-21(27-13(2)25)22(3)8-4-5-19(17)22/h14,16-17,19-21H,4-11H2,1-3H3/t14?,16-,17-,19+,20?,21?,22-/m1/s1. The van der Waals surface area contributed by atoms with E-state index in [1.807, 2.05) is 0 Å². The first-order valence-electron chi connectivity index (χ1n) is 10.5. The van der Waals surface area contributed by atoms with Gasteiger partial charge in [0.05, 0.1) is 0 Å². The molecule has 0 spiro atoms. The highest BCUT2D eigenvalue weighted by Gasteiger charge is 2.58. The van der Waals surface area contributed by atoms with Gasteiger partial charge in [-0.25, -0.2) is 4.39 Å². The number of fused-ring (bicyclic) bond motifs is 4. The number of hydrogen-bond acceptors (Lipinski definition) is 4. The van der Waals surface area contributed by atoms with Gasteiger partial charge >= 0.3 is 11.9 Å². The normalized spacial score (nSPS) is 43.4. The third-order valence-electron chi connectivity index (χ3n) is 7.83. The molecule has 4 aliphatic carbocycles.